The fourth-order valence-electron chi connectivity index (χ4n) is 2.65. The molecule has 11 heteroatoms. The van der Waals surface area contributed by atoms with Crippen molar-refractivity contribution in [2.24, 2.45) is 0 Å². The molecule has 0 fully saturated rings. The molecule has 1 unspecified atom stereocenters. The van der Waals surface area contributed by atoms with Crippen LogP contribution in [0.25, 0.3) is 10.9 Å². The number of nitrogens with zero attached hydrogens (tertiary/aromatic N) is 1. The van der Waals surface area contributed by atoms with Crippen LogP contribution in [0, 0.1) is 5.82 Å². The first-order valence-electron chi connectivity index (χ1n) is 7.83. The lowest BCUT2D eigenvalue weighted by Gasteiger charge is -2.18. The largest absolute Gasteiger partial charge is 0.361 e. The Kier molecular flexibility index (Phi) is 5.29. The molecule has 3 aromatic rings. The lowest BCUT2D eigenvalue weighted by atomic mass is 10.1. The van der Waals surface area contributed by atoms with Crippen LogP contribution < -0.4 is 9.44 Å². The summed E-state index contributed by atoms with van der Waals surface area (Å²) in [5, 5.41) is 0.277. The third-order valence-electron chi connectivity index (χ3n) is 3.96. The maximum atomic E-state index is 13.4. The topological polar surface area (TPSA) is 121 Å². The summed E-state index contributed by atoms with van der Waals surface area (Å²) in [7, 11) is -6.61. The molecule has 0 aliphatic carbocycles. The van der Waals surface area contributed by atoms with Crippen molar-refractivity contribution in [3.63, 3.8) is 0 Å². The van der Waals surface area contributed by atoms with Gasteiger partial charge < -0.3 is 4.98 Å². The molecule has 1 aromatic carbocycles. The number of fused-ring (bicyclic) bond motifs is 1. The van der Waals surface area contributed by atoms with E-state index in [4.69, 9.17) is 0 Å². The molecule has 0 bridgehead atoms. The first-order chi connectivity index (χ1) is 12.7. The summed E-state index contributed by atoms with van der Waals surface area (Å²) in [6, 6.07) is 7.19. The Bertz CT molecular complexity index is 1160. The molecule has 144 valence electrons. The Morgan fingerprint density at radius 2 is 1.96 bits per heavy atom. The highest BCUT2D eigenvalue weighted by atomic mass is 32.2. The second-order valence-electron chi connectivity index (χ2n) is 5.76. The van der Waals surface area contributed by atoms with E-state index in [0.29, 0.717) is 16.5 Å². The van der Waals surface area contributed by atoms with E-state index < -0.39 is 37.7 Å². The van der Waals surface area contributed by atoms with E-state index >= 15 is 0 Å². The van der Waals surface area contributed by atoms with Crippen molar-refractivity contribution in [1.82, 2.24) is 19.4 Å². The van der Waals surface area contributed by atoms with Gasteiger partial charge in [-0.3, -0.25) is 0 Å². The van der Waals surface area contributed by atoms with Gasteiger partial charge >= 0.3 is 0 Å². The number of sulfonamides is 2. The molecule has 3 rings (SSSR count). The van der Waals surface area contributed by atoms with Crippen LogP contribution in [0.5, 0.6) is 0 Å². The fraction of sp³-hybridized carbons (Fsp3) is 0.188. The maximum absolute atomic E-state index is 13.4. The molecule has 2 aromatic heterocycles. The minimum Gasteiger partial charge on any atom is -0.361 e. The molecular formula is C16H17FN4O4S2. The van der Waals surface area contributed by atoms with Crippen LogP contribution >= 0.6 is 0 Å². The van der Waals surface area contributed by atoms with Crippen molar-refractivity contribution in [1.29, 1.82) is 0 Å². The van der Waals surface area contributed by atoms with Crippen LogP contribution in [-0.2, 0) is 20.0 Å². The first-order valence-corrected chi connectivity index (χ1v) is 11.0. The molecule has 2 heterocycles. The van der Waals surface area contributed by atoms with Crippen LogP contribution in [0.15, 0.2) is 53.8 Å². The summed E-state index contributed by atoms with van der Waals surface area (Å²) in [5.41, 5.74) is 0.803. The van der Waals surface area contributed by atoms with Crippen LogP contribution in [-0.4, -0.2) is 39.6 Å². The zero-order valence-electron chi connectivity index (χ0n) is 14.2. The molecule has 0 spiro atoms. The van der Waals surface area contributed by atoms with Gasteiger partial charge in [0, 0.05) is 23.3 Å². The molecule has 0 aliphatic heterocycles. The second kappa shape index (κ2) is 7.35. The van der Waals surface area contributed by atoms with Crippen molar-refractivity contribution in [2.45, 2.75) is 11.1 Å². The number of nitrogens with one attached hydrogen (secondary N) is 3. The third kappa shape index (κ3) is 4.33. The Morgan fingerprint density at radius 1 is 1.19 bits per heavy atom. The molecule has 0 radical (unpaired) electrons. The summed E-state index contributed by atoms with van der Waals surface area (Å²) in [5.74, 6) is -1.01. The normalized spacial score (nSPS) is 13.7. The summed E-state index contributed by atoms with van der Waals surface area (Å²) in [6.07, 6.45) is 2.78. The summed E-state index contributed by atoms with van der Waals surface area (Å²) >= 11 is 0. The van der Waals surface area contributed by atoms with Crippen LogP contribution in [0.4, 0.5) is 4.39 Å². The van der Waals surface area contributed by atoms with Crippen molar-refractivity contribution in [2.75, 3.05) is 12.8 Å². The van der Waals surface area contributed by atoms with Crippen molar-refractivity contribution >= 4 is 30.9 Å². The van der Waals surface area contributed by atoms with Gasteiger partial charge in [0.25, 0.3) is 10.0 Å². The number of hydrogen-bond donors (Lipinski definition) is 3. The van der Waals surface area contributed by atoms with Gasteiger partial charge in [-0.05, 0) is 42.9 Å². The first kappa shape index (κ1) is 19.4. The van der Waals surface area contributed by atoms with E-state index in [1.807, 2.05) is 0 Å². The van der Waals surface area contributed by atoms with Gasteiger partial charge in [-0.25, -0.2) is 35.7 Å². The van der Waals surface area contributed by atoms with Crippen LogP contribution in [0.1, 0.15) is 11.6 Å². The van der Waals surface area contributed by atoms with Gasteiger partial charge in [0.1, 0.15) is 5.82 Å². The number of rotatable bonds is 7. The molecule has 0 aliphatic rings. The standard InChI is InChI=1S/C16H17FN4O4S2/c1-18-26(22,23)10-15(21-27(24,25)16-4-2-3-7-19-16)13-9-20-14-8-11(17)5-6-12(13)14/h2-9,15,18,20-21H,10H2,1H3. The lowest BCUT2D eigenvalue weighted by Crippen LogP contribution is -2.36. The minimum absolute atomic E-state index is 0.234. The van der Waals surface area contributed by atoms with Crippen LogP contribution in [0.3, 0.4) is 0 Å². The van der Waals surface area contributed by atoms with E-state index in [9.17, 15) is 21.2 Å². The SMILES string of the molecule is CNS(=O)(=O)CC(NS(=O)(=O)c1ccccn1)c1c[nH]c2cc(F)ccc12. The van der Waals surface area contributed by atoms with Gasteiger partial charge in [0.15, 0.2) is 5.03 Å². The maximum Gasteiger partial charge on any atom is 0.258 e. The third-order valence-corrected chi connectivity index (χ3v) is 6.74. The summed E-state index contributed by atoms with van der Waals surface area (Å²) in [6.45, 7) is 0. The molecule has 1 atom stereocenters. The Morgan fingerprint density at radius 3 is 2.63 bits per heavy atom. The van der Waals surface area contributed by atoms with Gasteiger partial charge in [-0.2, -0.15) is 0 Å². The Balaban J connectivity index is 2.06. The molecular weight excluding hydrogens is 395 g/mol. The monoisotopic (exact) mass is 412 g/mol. The van der Waals surface area contributed by atoms with Gasteiger partial charge in [0.05, 0.1) is 11.8 Å². The number of benzene rings is 1. The zero-order chi connectivity index (χ0) is 19.7. The fourth-order valence-corrected chi connectivity index (χ4v) is 4.79. The highest BCUT2D eigenvalue weighted by Crippen LogP contribution is 2.27. The molecule has 8 nitrogen and oxygen atoms in total. The predicted molar refractivity (Wildman–Crippen MR) is 98.4 cm³/mol. The lowest BCUT2D eigenvalue weighted by molar-refractivity contribution is 0.555. The minimum atomic E-state index is -4.08. The number of H-pyrrole nitrogens is 1. The van der Waals surface area contributed by atoms with E-state index in [2.05, 4.69) is 19.4 Å². The smallest absolute Gasteiger partial charge is 0.258 e. The van der Waals surface area contributed by atoms with Gasteiger partial charge in [0.2, 0.25) is 10.0 Å². The number of aromatic amines is 1. The molecule has 0 saturated carbocycles. The molecule has 0 amide bonds. The van der Waals surface area contributed by atoms with E-state index in [0.717, 1.165) is 0 Å². The summed E-state index contributed by atoms with van der Waals surface area (Å²) < 4.78 is 67.4. The van der Waals surface area contributed by atoms with Crippen molar-refractivity contribution in [3.05, 3.63) is 60.2 Å². The van der Waals surface area contributed by atoms with Crippen molar-refractivity contribution in [3.8, 4) is 0 Å². The number of hydrogen-bond acceptors (Lipinski definition) is 5. The molecule has 3 N–H and O–H groups in total. The number of pyridine rings is 1. The highest BCUT2D eigenvalue weighted by Gasteiger charge is 2.28. The Hall–Kier alpha value is -2.34. The van der Waals surface area contributed by atoms with E-state index in [1.165, 1.54) is 49.8 Å². The number of aromatic nitrogens is 2. The molecule has 0 saturated heterocycles. The van der Waals surface area contributed by atoms with Gasteiger partial charge in [-0.1, -0.05) is 6.07 Å². The second-order valence-corrected chi connectivity index (χ2v) is 9.39. The number of halogens is 1. The predicted octanol–water partition coefficient (Wildman–Crippen LogP) is 1.27. The quantitative estimate of drug-likeness (QED) is 0.540. The Labute approximate surface area is 155 Å². The van der Waals surface area contributed by atoms with Crippen LogP contribution in [0.2, 0.25) is 0 Å². The van der Waals surface area contributed by atoms with E-state index in [-0.39, 0.29) is 5.03 Å². The van der Waals surface area contributed by atoms with E-state index in [1.54, 1.807) is 6.07 Å². The average Bonchev–Trinajstić information content (AvgIpc) is 3.04. The van der Waals surface area contributed by atoms with Crippen molar-refractivity contribution < 1.29 is 21.2 Å². The average molecular weight is 412 g/mol. The summed E-state index contributed by atoms with van der Waals surface area (Å²) in [4.78, 5) is 6.64. The molecule has 27 heavy (non-hydrogen) atoms. The zero-order valence-corrected chi connectivity index (χ0v) is 15.8. The highest BCUT2D eigenvalue weighted by molar-refractivity contribution is 7.90. The van der Waals surface area contributed by atoms with Gasteiger partial charge in [-0.15, -0.1) is 0 Å².